The number of hydrogen-bond donors (Lipinski definition) is 0. The zero-order valence-corrected chi connectivity index (χ0v) is 12.5. The molecule has 20 heavy (non-hydrogen) atoms. The van der Waals surface area contributed by atoms with Crippen molar-refractivity contribution in [1.29, 1.82) is 0 Å². The van der Waals surface area contributed by atoms with Crippen LogP contribution in [-0.4, -0.2) is 42.6 Å². The molecule has 0 bridgehead atoms. The molecule has 1 aliphatic rings. The van der Waals surface area contributed by atoms with Gasteiger partial charge in [-0.05, 0) is 32.9 Å². The minimum Gasteiger partial charge on any atom is -0.463 e. The van der Waals surface area contributed by atoms with Gasteiger partial charge in [-0.2, -0.15) is 0 Å². The molecule has 0 N–H and O–H groups in total. The fraction of sp³-hybridized carbons (Fsp3) is 0.714. The van der Waals surface area contributed by atoms with Crippen LogP contribution in [0.2, 0.25) is 0 Å². The summed E-state index contributed by atoms with van der Waals surface area (Å²) in [6.45, 7) is 8.34. The normalized spacial score (nSPS) is 26.1. The summed E-state index contributed by atoms with van der Waals surface area (Å²) in [6.07, 6.45) is 1.63. The van der Waals surface area contributed by atoms with Crippen LogP contribution in [0.4, 0.5) is 0 Å². The Morgan fingerprint density at radius 2 is 1.80 bits per heavy atom. The van der Waals surface area contributed by atoms with Gasteiger partial charge in [0.05, 0.1) is 5.60 Å². The molecule has 0 aliphatic carbocycles. The molecule has 0 aromatic carbocycles. The largest absolute Gasteiger partial charge is 0.463 e. The van der Waals surface area contributed by atoms with Crippen molar-refractivity contribution in [3.63, 3.8) is 0 Å². The van der Waals surface area contributed by atoms with E-state index >= 15 is 0 Å². The zero-order chi connectivity index (χ0) is 15.3. The molecule has 3 atom stereocenters. The summed E-state index contributed by atoms with van der Waals surface area (Å²) in [5, 5.41) is 0. The van der Waals surface area contributed by atoms with Crippen molar-refractivity contribution in [2.75, 3.05) is 6.61 Å². The predicted molar refractivity (Wildman–Crippen MR) is 70.8 cm³/mol. The average molecular weight is 286 g/mol. The third-order valence-electron chi connectivity index (χ3n) is 2.36. The Hall–Kier alpha value is -1.40. The molecule has 0 aromatic rings. The van der Waals surface area contributed by atoms with E-state index in [9.17, 15) is 9.59 Å². The molecule has 1 unspecified atom stereocenters. The first-order chi connectivity index (χ1) is 9.17. The van der Waals surface area contributed by atoms with Crippen LogP contribution in [-0.2, 0) is 28.5 Å². The first-order valence-electron chi connectivity index (χ1n) is 6.49. The van der Waals surface area contributed by atoms with Gasteiger partial charge in [-0.15, -0.1) is 0 Å². The van der Waals surface area contributed by atoms with E-state index < -0.39 is 30.4 Å². The first-order valence-corrected chi connectivity index (χ1v) is 6.49. The average Bonchev–Trinajstić information content (AvgIpc) is 2.26. The monoisotopic (exact) mass is 286 g/mol. The van der Waals surface area contributed by atoms with Crippen LogP contribution >= 0.6 is 0 Å². The lowest BCUT2D eigenvalue weighted by atomic mass is 10.1. The summed E-state index contributed by atoms with van der Waals surface area (Å²) >= 11 is 0. The molecule has 1 heterocycles. The van der Waals surface area contributed by atoms with E-state index in [1.807, 2.05) is 20.8 Å². The molecule has 6 heteroatoms. The molecular formula is C14H22O6. The zero-order valence-electron chi connectivity index (χ0n) is 12.5. The van der Waals surface area contributed by atoms with Crippen LogP contribution in [0.15, 0.2) is 12.2 Å². The molecular weight excluding hydrogens is 264 g/mol. The summed E-state index contributed by atoms with van der Waals surface area (Å²) < 4.78 is 21.4. The Bertz CT molecular complexity index is 382. The second-order valence-electron chi connectivity index (χ2n) is 5.53. The van der Waals surface area contributed by atoms with Crippen LogP contribution < -0.4 is 0 Å². The van der Waals surface area contributed by atoms with Gasteiger partial charge in [0, 0.05) is 13.8 Å². The maximum absolute atomic E-state index is 11.1. The molecule has 1 aliphatic heterocycles. The fourth-order valence-electron chi connectivity index (χ4n) is 1.68. The lowest BCUT2D eigenvalue weighted by Crippen LogP contribution is -2.43. The maximum Gasteiger partial charge on any atom is 0.303 e. The standard InChI is InChI=1S/C14H22O6/c1-9(15)17-8-12-11(18-10(2)16)6-7-13(19-12)20-14(3,4)5/h6-7,11-13H,8H2,1-5H3/t11-,12+,13?/m0/s1. The highest BCUT2D eigenvalue weighted by molar-refractivity contribution is 5.66. The van der Waals surface area contributed by atoms with Crippen molar-refractivity contribution in [2.24, 2.45) is 0 Å². The molecule has 0 aromatic heterocycles. The fourth-order valence-corrected chi connectivity index (χ4v) is 1.68. The highest BCUT2D eigenvalue weighted by Gasteiger charge is 2.32. The minimum atomic E-state index is -0.591. The highest BCUT2D eigenvalue weighted by atomic mass is 16.7. The second-order valence-corrected chi connectivity index (χ2v) is 5.53. The van der Waals surface area contributed by atoms with Gasteiger partial charge in [-0.25, -0.2) is 0 Å². The first kappa shape index (κ1) is 16.7. The lowest BCUT2D eigenvalue weighted by Gasteiger charge is -2.34. The van der Waals surface area contributed by atoms with Crippen molar-refractivity contribution >= 4 is 11.9 Å². The van der Waals surface area contributed by atoms with Gasteiger partial charge >= 0.3 is 11.9 Å². The van der Waals surface area contributed by atoms with Crippen LogP contribution in [0, 0.1) is 0 Å². The van der Waals surface area contributed by atoms with Crippen molar-refractivity contribution in [2.45, 2.75) is 58.7 Å². The van der Waals surface area contributed by atoms with Gasteiger partial charge in [-0.3, -0.25) is 9.59 Å². The summed E-state index contributed by atoms with van der Waals surface area (Å²) in [6, 6.07) is 0. The van der Waals surface area contributed by atoms with Crippen LogP contribution in [0.3, 0.4) is 0 Å². The molecule has 0 saturated heterocycles. The van der Waals surface area contributed by atoms with Gasteiger partial charge in [0.2, 0.25) is 0 Å². The Kier molecular flexibility index (Phi) is 5.71. The van der Waals surface area contributed by atoms with Crippen LogP contribution in [0.5, 0.6) is 0 Å². The number of rotatable bonds is 4. The summed E-state index contributed by atoms with van der Waals surface area (Å²) in [5.74, 6) is -0.843. The van der Waals surface area contributed by atoms with E-state index in [1.54, 1.807) is 12.2 Å². The molecule has 0 spiro atoms. The third kappa shape index (κ3) is 6.16. The van der Waals surface area contributed by atoms with Gasteiger partial charge in [0.15, 0.2) is 6.29 Å². The Balaban J connectivity index is 2.71. The molecule has 0 amide bonds. The Morgan fingerprint density at radius 3 is 2.30 bits per heavy atom. The maximum atomic E-state index is 11.1. The quantitative estimate of drug-likeness (QED) is 0.577. The molecule has 0 saturated carbocycles. The highest BCUT2D eigenvalue weighted by Crippen LogP contribution is 2.21. The topological polar surface area (TPSA) is 71.1 Å². The number of ether oxygens (including phenoxy) is 4. The van der Waals surface area contributed by atoms with Gasteiger partial charge in [-0.1, -0.05) is 0 Å². The summed E-state index contributed by atoms with van der Waals surface area (Å²) in [5.41, 5.74) is -0.380. The van der Waals surface area contributed by atoms with E-state index in [4.69, 9.17) is 18.9 Å². The predicted octanol–water partition coefficient (Wildman–Crippen LogP) is 1.58. The van der Waals surface area contributed by atoms with Gasteiger partial charge in [0.25, 0.3) is 0 Å². The Labute approximate surface area is 119 Å². The van der Waals surface area contributed by atoms with Crippen molar-refractivity contribution in [3.8, 4) is 0 Å². The van der Waals surface area contributed by atoms with E-state index in [1.165, 1.54) is 13.8 Å². The summed E-state index contributed by atoms with van der Waals surface area (Å²) in [7, 11) is 0. The molecule has 6 nitrogen and oxygen atoms in total. The second kappa shape index (κ2) is 6.85. The van der Waals surface area contributed by atoms with Crippen molar-refractivity contribution in [3.05, 3.63) is 12.2 Å². The molecule has 0 radical (unpaired) electrons. The van der Waals surface area contributed by atoms with Crippen LogP contribution in [0.25, 0.3) is 0 Å². The number of hydrogen-bond acceptors (Lipinski definition) is 6. The number of carbonyl (C=O) groups is 2. The number of carbonyl (C=O) groups excluding carboxylic acids is 2. The van der Waals surface area contributed by atoms with Crippen LogP contribution in [0.1, 0.15) is 34.6 Å². The van der Waals surface area contributed by atoms with Crippen molar-refractivity contribution < 1.29 is 28.5 Å². The molecule has 1 rings (SSSR count). The van der Waals surface area contributed by atoms with E-state index in [2.05, 4.69) is 0 Å². The lowest BCUT2D eigenvalue weighted by molar-refractivity contribution is -0.223. The minimum absolute atomic E-state index is 0.00161. The van der Waals surface area contributed by atoms with Gasteiger partial charge in [0.1, 0.15) is 18.8 Å². The van der Waals surface area contributed by atoms with E-state index in [0.29, 0.717) is 0 Å². The smallest absolute Gasteiger partial charge is 0.303 e. The molecule has 0 fully saturated rings. The SMILES string of the molecule is CC(=O)OC[C@H]1OC(OC(C)(C)C)C=C[C@@H]1OC(C)=O. The molecule has 114 valence electrons. The van der Waals surface area contributed by atoms with Crippen molar-refractivity contribution in [1.82, 2.24) is 0 Å². The number of esters is 2. The van der Waals surface area contributed by atoms with E-state index in [-0.39, 0.29) is 12.2 Å². The van der Waals surface area contributed by atoms with E-state index in [0.717, 1.165) is 0 Å². The third-order valence-corrected chi connectivity index (χ3v) is 2.36. The summed E-state index contributed by atoms with van der Waals surface area (Å²) in [4.78, 5) is 21.9. The Morgan fingerprint density at radius 1 is 1.15 bits per heavy atom. The van der Waals surface area contributed by atoms with Gasteiger partial charge < -0.3 is 18.9 Å².